The first-order valence-corrected chi connectivity index (χ1v) is 7.70. The van der Waals surface area contributed by atoms with Gasteiger partial charge in [-0.1, -0.05) is 38.1 Å². The number of hydrogen-bond acceptors (Lipinski definition) is 4. The minimum atomic E-state index is 0.0545. The van der Waals surface area contributed by atoms with E-state index >= 15 is 0 Å². The molecule has 1 atom stereocenters. The van der Waals surface area contributed by atoms with Gasteiger partial charge in [0, 0.05) is 0 Å². The molecular weight excluding hydrogens is 268 g/mol. The summed E-state index contributed by atoms with van der Waals surface area (Å²) in [6.07, 6.45) is 1.16. The Morgan fingerprint density at radius 3 is 2.05 bits per heavy atom. The smallest absolute Gasteiger partial charge is 0.0718 e. The number of benzene rings is 1. The van der Waals surface area contributed by atoms with E-state index in [1.54, 1.807) is 0 Å². The Bertz CT molecular complexity index is 350. The lowest BCUT2D eigenvalue weighted by atomic mass is 9.98. The Morgan fingerprint density at radius 1 is 0.905 bits per heavy atom. The lowest BCUT2D eigenvalue weighted by Crippen LogP contribution is -2.10. The van der Waals surface area contributed by atoms with Gasteiger partial charge in [-0.25, -0.2) is 0 Å². The molecule has 0 spiro atoms. The third-order valence-corrected chi connectivity index (χ3v) is 3.41. The van der Waals surface area contributed by atoms with Crippen LogP contribution in [-0.4, -0.2) is 44.7 Å². The normalized spacial score (nSPS) is 12.5. The Labute approximate surface area is 128 Å². The SMILES string of the molecule is CCC(C)c1ccc(COCCOCCOCCO)cc1. The summed E-state index contributed by atoms with van der Waals surface area (Å²) in [6, 6.07) is 8.62. The Hall–Kier alpha value is -0.940. The second-order valence-electron chi connectivity index (χ2n) is 5.05. The molecule has 0 aliphatic carbocycles. The first-order valence-electron chi connectivity index (χ1n) is 7.70. The Kier molecular flexibility index (Phi) is 10.1. The fourth-order valence-electron chi connectivity index (χ4n) is 1.87. The first-order chi connectivity index (χ1) is 10.3. The molecule has 21 heavy (non-hydrogen) atoms. The van der Waals surface area contributed by atoms with Crippen LogP contribution in [-0.2, 0) is 20.8 Å². The molecule has 0 aliphatic rings. The minimum Gasteiger partial charge on any atom is -0.394 e. The van der Waals surface area contributed by atoms with E-state index in [9.17, 15) is 0 Å². The summed E-state index contributed by atoms with van der Waals surface area (Å²) in [5.74, 6) is 0.612. The molecule has 0 aliphatic heterocycles. The van der Waals surface area contributed by atoms with Crippen LogP contribution in [0.5, 0.6) is 0 Å². The largest absolute Gasteiger partial charge is 0.394 e. The van der Waals surface area contributed by atoms with Crippen LogP contribution in [0.1, 0.15) is 37.3 Å². The highest BCUT2D eigenvalue weighted by Crippen LogP contribution is 2.18. The van der Waals surface area contributed by atoms with Crippen molar-refractivity contribution in [3.8, 4) is 0 Å². The number of aliphatic hydroxyl groups is 1. The Morgan fingerprint density at radius 2 is 1.48 bits per heavy atom. The van der Waals surface area contributed by atoms with Gasteiger partial charge >= 0.3 is 0 Å². The lowest BCUT2D eigenvalue weighted by Gasteiger charge is -2.10. The highest BCUT2D eigenvalue weighted by molar-refractivity contribution is 5.24. The summed E-state index contributed by atoms with van der Waals surface area (Å²) in [6.45, 7) is 7.67. The third kappa shape index (κ3) is 8.17. The molecule has 1 aromatic carbocycles. The zero-order chi connectivity index (χ0) is 15.3. The number of aliphatic hydroxyl groups excluding tert-OH is 1. The highest BCUT2D eigenvalue weighted by Gasteiger charge is 2.02. The fourth-order valence-corrected chi connectivity index (χ4v) is 1.87. The number of hydrogen-bond donors (Lipinski definition) is 1. The molecule has 4 nitrogen and oxygen atoms in total. The molecule has 1 N–H and O–H groups in total. The van der Waals surface area contributed by atoms with E-state index < -0.39 is 0 Å². The summed E-state index contributed by atoms with van der Waals surface area (Å²) in [4.78, 5) is 0. The predicted octanol–water partition coefficient (Wildman–Crippen LogP) is 2.74. The van der Waals surface area contributed by atoms with E-state index in [-0.39, 0.29) is 6.61 Å². The highest BCUT2D eigenvalue weighted by atomic mass is 16.5. The molecule has 1 aromatic rings. The van der Waals surface area contributed by atoms with Gasteiger partial charge in [-0.15, -0.1) is 0 Å². The van der Waals surface area contributed by atoms with Crippen molar-refractivity contribution in [2.75, 3.05) is 39.6 Å². The minimum absolute atomic E-state index is 0.0545. The van der Waals surface area contributed by atoms with E-state index in [1.807, 2.05) is 0 Å². The fraction of sp³-hybridized carbons (Fsp3) is 0.647. The second-order valence-corrected chi connectivity index (χ2v) is 5.05. The third-order valence-electron chi connectivity index (χ3n) is 3.41. The molecular formula is C17H28O4. The van der Waals surface area contributed by atoms with Gasteiger partial charge in [0.1, 0.15) is 0 Å². The van der Waals surface area contributed by atoms with Crippen molar-refractivity contribution in [2.45, 2.75) is 32.8 Å². The Balaban J connectivity index is 2.05. The molecule has 0 radical (unpaired) electrons. The van der Waals surface area contributed by atoms with E-state index in [1.165, 1.54) is 11.1 Å². The molecule has 0 bridgehead atoms. The lowest BCUT2D eigenvalue weighted by molar-refractivity contribution is 0.00450. The zero-order valence-electron chi connectivity index (χ0n) is 13.2. The topological polar surface area (TPSA) is 47.9 Å². The standard InChI is InChI=1S/C17H28O4/c1-3-15(2)17-6-4-16(5-7-17)14-21-13-12-20-11-10-19-9-8-18/h4-7,15,18H,3,8-14H2,1-2H3. The average Bonchev–Trinajstić information content (AvgIpc) is 2.53. The van der Waals surface area contributed by atoms with Crippen LogP contribution in [0.4, 0.5) is 0 Å². The van der Waals surface area contributed by atoms with Gasteiger partial charge in [0.05, 0.1) is 46.2 Å². The van der Waals surface area contributed by atoms with Gasteiger partial charge in [0.25, 0.3) is 0 Å². The maximum atomic E-state index is 8.52. The van der Waals surface area contributed by atoms with Crippen LogP contribution in [0.15, 0.2) is 24.3 Å². The van der Waals surface area contributed by atoms with Gasteiger partial charge in [0.15, 0.2) is 0 Å². The second kappa shape index (κ2) is 11.7. The maximum absolute atomic E-state index is 8.52. The quantitative estimate of drug-likeness (QED) is 0.603. The van der Waals surface area contributed by atoms with Gasteiger partial charge in [-0.2, -0.15) is 0 Å². The predicted molar refractivity (Wildman–Crippen MR) is 83.5 cm³/mol. The summed E-state index contributed by atoms with van der Waals surface area (Å²) in [7, 11) is 0. The summed E-state index contributed by atoms with van der Waals surface area (Å²) < 4.78 is 16.0. The van der Waals surface area contributed by atoms with Crippen LogP contribution in [0.2, 0.25) is 0 Å². The summed E-state index contributed by atoms with van der Waals surface area (Å²) >= 11 is 0. The molecule has 120 valence electrons. The van der Waals surface area contributed by atoms with Gasteiger partial charge < -0.3 is 19.3 Å². The zero-order valence-corrected chi connectivity index (χ0v) is 13.2. The molecule has 0 aromatic heterocycles. The van der Waals surface area contributed by atoms with Crippen molar-refractivity contribution in [2.24, 2.45) is 0 Å². The van der Waals surface area contributed by atoms with Crippen molar-refractivity contribution < 1.29 is 19.3 Å². The van der Waals surface area contributed by atoms with Crippen LogP contribution < -0.4 is 0 Å². The monoisotopic (exact) mass is 296 g/mol. The van der Waals surface area contributed by atoms with Crippen LogP contribution in [0, 0.1) is 0 Å². The maximum Gasteiger partial charge on any atom is 0.0718 e. The molecule has 0 saturated heterocycles. The molecule has 0 heterocycles. The van der Waals surface area contributed by atoms with E-state index in [4.69, 9.17) is 19.3 Å². The number of rotatable bonds is 12. The molecule has 0 fully saturated rings. The molecule has 4 heteroatoms. The van der Waals surface area contributed by atoms with Crippen LogP contribution in [0.25, 0.3) is 0 Å². The van der Waals surface area contributed by atoms with Crippen LogP contribution >= 0.6 is 0 Å². The van der Waals surface area contributed by atoms with Crippen molar-refractivity contribution >= 4 is 0 Å². The molecule has 0 amide bonds. The van der Waals surface area contributed by atoms with Crippen molar-refractivity contribution in [1.82, 2.24) is 0 Å². The molecule has 1 unspecified atom stereocenters. The average molecular weight is 296 g/mol. The van der Waals surface area contributed by atoms with Crippen molar-refractivity contribution in [1.29, 1.82) is 0 Å². The molecule has 1 rings (SSSR count). The van der Waals surface area contributed by atoms with Gasteiger partial charge in [-0.05, 0) is 23.5 Å². The molecule has 0 saturated carbocycles. The van der Waals surface area contributed by atoms with E-state index in [2.05, 4.69) is 38.1 Å². The van der Waals surface area contributed by atoms with Crippen molar-refractivity contribution in [3.63, 3.8) is 0 Å². The summed E-state index contributed by atoms with van der Waals surface area (Å²) in [5.41, 5.74) is 2.57. The van der Waals surface area contributed by atoms with E-state index in [0.717, 1.165) is 6.42 Å². The number of ether oxygens (including phenoxy) is 3. The van der Waals surface area contributed by atoms with Crippen molar-refractivity contribution in [3.05, 3.63) is 35.4 Å². The van der Waals surface area contributed by atoms with Crippen LogP contribution in [0.3, 0.4) is 0 Å². The van der Waals surface area contributed by atoms with E-state index in [0.29, 0.717) is 45.6 Å². The van der Waals surface area contributed by atoms with Gasteiger partial charge in [0.2, 0.25) is 0 Å². The first kappa shape index (κ1) is 18.1. The van der Waals surface area contributed by atoms with Gasteiger partial charge in [-0.3, -0.25) is 0 Å². The summed E-state index contributed by atoms with van der Waals surface area (Å²) in [5, 5.41) is 8.52.